The lowest BCUT2D eigenvalue weighted by molar-refractivity contribution is 0.0926. The zero-order valence-corrected chi connectivity index (χ0v) is 12.7. The normalized spacial score (nSPS) is 15.6. The number of halogens is 1. The molecule has 0 atom stereocenters. The SMILES string of the molecule is O=C(NC1CCN(c2ccc(Cl)cn2)CC1)c1ccncn1. The lowest BCUT2D eigenvalue weighted by atomic mass is 10.0. The van der Waals surface area contributed by atoms with E-state index in [0.717, 1.165) is 31.7 Å². The van der Waals surface area contributed by atoms with E-state index in [9.17, 15) is 4.79 Å². The molecule has 1 aliphatic rings. The molecular weight excluding hydrogens is 302 g/mol. The highest BCUT2D eigenvalue weighted by molar-refractivity contribution is 6.30. The van der Waals surface area contributed by atoms with Crippen molar-refractivity contribution in [2.45, 2.75) is 18.9 Å². The highest BCUT2D eigenvalue weighted by Crippen LogP contribution is 2.19. The second kappa shape index (κ2) is 6.70. The number of rotatable bonds is 3. The standard InChI is InChI=1S/C15H16ClN5O/c16-11-1-2-14(18-9-11)21-7-4-12(5-8-21)20-15(22)13-3-6-17-10-19-13/h1-3,6,9-10,12H,4-5,7-8H2,(H,20,22). The minimum Gasteiger partial charge on any atom is -0.356 e. The summed E-state index contributed by atoms with van der Waals surface area (Å²) in [6.45, 7) is 1.70. The summed E-state index contributed by atoms with van der Waals surface area (Å²) in [6, 6.07) is 5.53. The molecule has 0 spiro atoms. The third kappa shape index (κ3) is 3.51. The Morgan fingerprint density at radius 2 is 2.05 bits per heavy atom. The number of pyridine rings is 1. The lowest BCUT2D eigenvalue weighted by Gasteiger charge is -2.33. The van der Waals surface area contributed by atoms with Gasteiger partial charge in [0.2, 0.25) is 0 Å². The van der Waals surface area contributed by atoms with Gasteiger partial charge in [0, 0.05) is 31.5 Å². The summed E-state index contributed by atoms with van der Waals surface area (Å²) >= 11 is 5.85. The van der Waals surface area contributed by atoms with Crippen LogP contribution >= 0.6 is 11.6 Å². The molecular formula is C15H16ClN5O. The Labute approximate surface area is 133 Å². The van der Waals surface area contributed by atoms with E-state index in [1.165, 1.54) is 6.33 Å². The number of amides is 1. The fraction of sp³-hybridized carbons (Fsp3) is 0.333. The summed E-state index contributed by atoms with van der Waals surface area (Å²) in [5.41, 5.74) is 0.400. The number of nitrogens with one attached hydrogen (secondary N) is 1. The monoisotopic (exact) mass is 317 g/mol. The van der Waals surface area contributed by atoms with Gasteiger partial charge in [-0.05, 0) is 31.0 Å². The van der Waals surface area contributed by atoms with E-state index < -0.39 is 0 Å². The van der Waals surface area contributed by atoms with Crippen molar-refractivity contribution in [2.75, 3.05) is 18.0 Å². The van der Waals surface area contributed by atoms with Gasteiger partial charge in [0.15, 0.2) is 0 Å². The predicted octanol–water partition coefficient (Wildman–Crippen LogP) is 1.92. The number of anilines is 1. The first kappa shape index (κ1) is 14.7. The van der Waals surface area contributed by atoms with E-state index in [1.807, 2.05) is 12.1 Å². The molecule has 7 heteroatoms. The van der Waals surface area contributed by atoms with Crippen LogP contribution in [0.3, 0.4) is 0 Å². The van der Waals surface area contributed by atoms with E-state index in [-0.39, 0.29) is 11.9 Å². The van der Waals surface area contributed by atoms with Crippen molar-refractivity contribution in [1.82, 2.24) is 20.3 Å². The Hall–Kier alpha value is -2.21. The highest BCUT2D eigenvalue weighted by Gasteiger charge is 2.22. The molecule has 0 aliphatic carbocycles. The Kier molecular flexibility index (Phi) is 4.48. The molecule has 2 aromatic heterocycles. The maximum Gasteiger partial charge on any atom is 0.270 e. The summed E-state index contributed by atoms with van der Waals surface area (Å²) in [5.74, 6) is 0.774. The van der Waals surface area contributed by atoms with Gasteiger partial charge in [-0.15, -0.1) is 0 Å². The molecule has 6 nitrogen and oxygen atoms in total. The van der Waals surface area contributed by atoms with Crippen molar-refractivity contribution in [2.24, 2.45) is 0 Å². The van der Waals surface area contributed by atoms with Crippen molar-refractivity contribution in [3.8, 4) is 0 Å². The molecule has 114 valence electrons. The molecule has 1 N–H and O–H groups in total. The first-order valence-corrected chi connectivity index (χ1v) is 7.53. The van der Waals surface area contributed by atoms with Crippen LogP contribution in [0.25, 0.3) is 0 Å². The van der Waals surface area contributed by atoms with E-state index in [1.54, 1.807) is 18.5 Å². The van der Waals surface area contributed by atoms with Crippen LogP contribution in [0, 0.1) is 0 Å². The second-order valence-electron chi connectivity index (χ2n) is 5.16. The van der Waals surface area contributed by atoms with Gasteiger partial charge in [-0.25, -0.2) is 15.0 Å². The summed E-state index contributed by atoms with van der Waals surface area (Å²) < 4.78 is 0. The summed E-state index contributed by atoms with van der Waals surface area (Å²) in [5, 5.41) is 3.65. The lowest BCUT2D eigenvalue weighted by Crippen LogP contribution is -2.45. The van der Waals surface area contributed by atoms with Crippen LogP contribution < -0.4 is 10.2 Å². The third-order valence-electron chi connectivity index (χ3n) is 3.68. The van der Waals surface area contributed by atoms with Crippen LogP contribution in [0.1, 0.15) is 23.3 Å². The van der Waals surface area contributed by atoms with Gasteiger partial charge >= 0.3 is 0 Å². The minimum absolute atomic E-state index is 0.148. The van der Waals surface area contributed by atoms with Crippen LogP contribution in [-0.4, -0.2) is 40.0 Å². The highest BCUT2D eigenvalue weighted by atomic mass is 35.5. The van der Waals surface area contributed by atoms with Crippen LogP contribution in [0.2, 0.25) is 5.02 Å². The second-order valence-corrected chi connectivity index (χ2v) is 5.60. The molecule has 22 heavy (non-hydrogen) atoms. The van der Waals surface area contributed by atoms with Gasteiger partial charge in [-0.1, -0.05) is 11.6 Å². The Morgan fingerprint density at radius 1 is 1.23 bits per heavy atom. The van der Waals surface area contributed by atoms with E-state index in [2.05, 4.69) is 25.2 Å². The smallest absolute Gasteiger partial charge is 0.270 e. The zero-order valence-electron chi connectivity index (χ0n) is 11.9. The van der Waals surface area contributed by atoms with Crippen molar-refractivity contribution in [3.05, 3.63) is 47.6 Å². The molecule has 1 fully saturated rings. The van der Waals surface area contributed by atoms with Gasteiger partial charge in [-0.3, -0.25) is 4.79 Å². The maximum absolute atomic E-state index is 12.1. The van der Waals surface area contributed by atoms with Crippen molar-refractivity contribution in [3.63, 3.8) is 0 Å². The Morgan fingerprint density at radius 3 is 2.68 bits per heavy atom. The number of hydrogen-bond acceptors (Lipinski definition) is 5. The average Bonchev–Trinajstić information content (AvgIpc) is 2.57. The molecule has 0 saturated carbocycles. The van der Waals surface area contributed by atoms with Crippen LogP contribution in [0.5, 0.6) is 0 Å². The molecule has 0 unspecified atom stereocenters. The van der Waals surface area contributed by atoms with Gasteiger partial charge in [-0.2, -0.15) is 0 Å². The number of piperidine rings is 1. The summed E-state index contributed by atoms with van der Waals surface area (Å²) in [6.07, 6.45) is 6.35. The van der Waals surface area contributed by atoms with E-state index in [0.29, 0.717) is 10.7 Å². The third-order valence-corrected chi connectivity index (χ3v) is 3.90. The molecule has 1 aliphatic heterocycles. The van der Waals surface area contributed by atoms with Crippen molar-refractivity contribution >= 4 is 23.3 Å². The molecule has 3 rings (SSSR count). The van der Waals surface area contributed by atoms with Gasteiger partial charge in [0.1, 0.15) is 17.8 Å². The quantitative estimate of drug-likeness (QED) is 0.936. The van der Waals surface area contributed by atoms with Crippen molar-refractivity contribution in [1.29, 1.82) is 0 Å². The zero-order chi connectivity index (χ0) is 15.4. The molecule has 3 heterocycles. The first-order valence-electron chi connectivity index (χ1n) is 7.16. The summed E-state index contributed by atoms with van der Waals surface area (Å²) in [7, 11) is 0. The topological polar surface area (TPSA) is 71.0 Å². The van der Waals surface area contributed by atoms with Gasteiger partial charge in [0.25, 0.3) is 5.91 Å². The molecule has 0 bridgehead atoms. The van der Waals surface area contributed by atoms with E-state index in [4.69, 9.17) is 11.6 Å². The number of hydrogen-bond donors (Lipinski definition) is 1. The molecule has 2 aromatic rings. The molecule has 1 amide bonds. The fourth-order valence-corrected chi connectivity index (χ4v) is 2.60. The first-order chi connectivity index (χ1) is 10.7. The maximum atomic E-state index is 12.1. The van der Waals surface area contributed by atoms with Gasteiger partial charge < -0.3 is 10.2 Å². The minimum atomic E-state index is -0.148. The Balaban J connectivity index is 1.53. The number of aromatic nitrogens is 3. The number of carbonyl (C=O) groups excluding carboxylic acids is 1. The number of nitrogens with zero attached hydrogens (tertiary/aromatic N) is 4. The van der Waals surface area contributed by atoms with Crippen molar-refractivity contribution < 1.29 is 4.79 Å². The average molecular weight is 318 g/mol. The van der Waals surface area contributed by atoms with Crippen LogP contribution in [-0.2, 0) is 0 Å². The summed E-state index contributed by atoms with van der Waals surface area (Å²) in [4.78, 5) is 26.4. The molecule has 1 saturated heterocycles. The number of carbonyl (C=O) groups is 1. The largest absolute Gasteiger partial charge is 0.356 e. The van der Waals surface area contributed by atoms with Crippen LogP contribution in [0.15, 0.2) is 36.9 Å². The van der Waals surface area contributed by atoms with E-state index >= 15 is 0 Å². The van der Waals surface area contributed by atoms with Crippen LogP contribution in [0.4, 0.5) is 5.82 Å². The predicted molar refractivity (Wildman–Crippen MR) is 84.0 cm³/mol. The Bertz CT molecular complexity index is 626. The fourth-order valence-electron chi connectivity index (χ4n) is 2.49. The molecule has 0 radical (unpaired) electrons. The van der Waals surface area contributed by atoms with Gasteiger partial charge in [0.05, 0.1) is 5.02 Å². The molecule has 0 aromatic carbocycles.